The molecule has 0 radical (unpaired) electrons. The highest BCUT2D eigenvalue weighted by atomic mass is 32.1. The van der Waals surface area contributed by atoms with Crippen LogP contribution in [0.5, 0.6) is 0 Å². The van der Waals surface area contributed by atoms with Gasteiger partial charge in [-0.15, -0.1) is 11.3 Å². The normalized spacial score (nSPS) is 12.9. The Hall–Kier alpha value is -1.24. The number of nitrogens with two attached hydrogens (primary N) is 1. The maximum atomic E-state index is 5.66. The standard InChI is InChI=1S/C11H17N5S/c1-3-5-16-6-4-13-11(16)9(15-12)10-8(2)14-7-17-10/h4,6-7,9,15H,3,5,12H2,1-2H3. The number of aryl methyl sites for hydroxylation is 2. The van der Waals surface area contributed by atoms with Gasteiger partial charge in [0, 0.05) is 18.9 Å². The van der Waals surface area contributed by atoms with E-state index in [-0.39, 0.29) is 6.04 Å². The van der Waals surface area contributed by atoms with Crippen LogP contribution in [-0.2, 0) is 6.54 Å². The Balaban J connectivity index is 2.35. The zero-order chi connectivity index (χ0) is 12.3. The van der Waals surface area contributed by atoms with E-state index in [1.54, 1.807) is 11.3 Å². The Morgan fingerprint density at radius 1 is 1.53 bits per heavy atom. The van der Waals surface area contributed by atoms with E-state index >= 15 is 0 Å². The highest BCUT2D eigenvalue weighted by Gasteiger charge is 2.21. The molecule has 92 valence electrons. The van der Waals surface area contributed by atoms with Gasteiger partial charge in [-0.25, -0.2) is 15.4 Å². The summed E-state index contributed by atoms with van der Waals surface area (Å²) >= 11 is 1.60. The molecule has 2 aromatic heterocycles. The Morgan fingerprint density at radius 3 is 2.94 bits per heavy atom. The van der Waals surface area contributed by atoms with Gasteiger partial charge in [-0.3, -0.25) is 5.84 Å². The minimum absolute atomic E-state index is 0.0796. The fraction of sp³-hybridized carbons (Fsp3) is 0.455. The number of rotatable bonds is 5. The van der Waals surface area contributed by atoms with Crippen LogP contribution in [0.2, 0.25) is 0 Å². The zero-order valence-electron chi connectivity index (χ0n) is 10.1. The number of nitrogens with zero attached hydrogens (tertiary/aromatic N) is 3. The van der Waals surface area contributed by atoms with E-state index in [2.05, 4.69) is 26.9 Å². The van der Waals surface area contributed by atoms with E-state index in [4.69, 9.17) is 5.84 Å². The summed E-state index contributed by atoms with van der Waals surface area (Å²) < 4.78 is 2.13. The lowest BCUT2D eigenvalue weighted by atomic mass is 10.2. The Kier molecular flexibility index (Phi) is 3.88. The first-order valence-electron chi connectivity index (χ1n) is 5.65. The van der Waals surface area contributed by atoms with Crippen LogP contribution in [0.3, 0.4) is 0 Å². The second-order valence-corrected chi connectivity index (χ2v) is 4.77. The van der Waals surface area contributed by atoms with E-state index < -0.39 is 0 Å². The molecule has 0 spiro atoms. The van der Waals surface area contributed by atoms with Crippen LogP contribution >= 0.6 is 11.3 Å². The lowest BCUT2D eigenvalue weighted by Gasteiger charge is -2.16. The van der Waals surface area contributed by atoms with Gasteiger partial charge in [-0.1, -0.05) is 6.92 Å². The second-order valence-electron chi connectivity index (χ2n) is 3.88. The Labute approximate surface area is 105 Å². The molecule has 0 aliphatic rings. The number of hydrazine groups is 1. The van der Waals surface area contributed by atoms with Crippen LogP contribution in [0, 0.1) is 6.92 Å². The van der Waals surface area contributed by atoms with Gasteiger partial charge < -0.3 is 4.57 Å². The first-order valence-corrected chi connectivity index (χ1v) is 6.53. The third kappa shape index (κ3) is 2.38. The van der Waals surface area contributed by atoms with Crippen LogP contribution < -0.4 is 11.3 Å². The first-order chi connectivity index (χ1) is 8.27. The summed E-state index contributed by atoms with van der Waals surface area (Å²) in [5.41, 5.74) is 5.67. The third-order valence-corrected chi connectivity index (χ3v) is 3.68. The van der Waals surface area contributed by atoms with Gasteiger partial charge in [0.1, 0.15) is 11.9 Å². The van der Waals surface area contributed by atoms with E-state index in [9.17, 15) is 0 Å². The molecule has 0 saturated heterocycles. The maximum absolute atomic E-state index is 5.66. The number of hydrogen-bond donors (Lipinski definition) is 2. The molecule has 0 aromatic carbocycles. The van der Waals surface area contributed by atoms with Crippen molar-refractivity contribution in [1.29, 1.82) is 0 Å². The van der Waals surface area contributed by atoms with Crippen molar-refractivity contribution in [3.8, 4) is 0 Å². The monoisotopic (exact) mass is 251 g/mol. The average Bonchev–Trinajstić information content (AvgIpc) is 2.92. The lowest BCUT2D eigenvalue weighted by molar-refractivity contribution is 0.548. The van der Waals surface area contributed by atoms with Crippen molar-refractivity contribution in [1.82, 2.24) is 20.0 Å². The third-order valence-electron chi connectivity index (χ3n) is 2.68. The summed E-state index contributed by atoms with van der Waals surface area (Å²) in [5, 5.41) is 0. The molecular weight excluding hydrogens is 234 g/mol. The minimum atomic E-state index is -0.0796. The molecule has 0 bridgehead atoms. The molecule has 0 amide bonds. The zero-order valence-corrected chi connectivity index (χ0v) is 10.9. The van der Waals surface area contributed by atoms with Crippen LogP contribution in [0.4, 0.5) is 0 Å². The fourth-order valence-electron chi connectivity index (χ4n) is 1.87. The Bertz CT molecular complexity index is 476. The molecule has 3 N–H and O–H groups in total. The predicted octanol–water partition coefficient (Wildman–Crippen LogP) is 1.61. The molecule has 2 heterocycles. The molecular formula is C11H17N5S. The average molecular weight is 251 g/mol. The minimum Gasteiger partial charge on any atom is -0.333 e. The summed E-state index contributed by atoms with van der Waals surface area (Å²) in [6.07, 6.45) is 4.87. The van der Waals surface area contributed by atoms with Crippen molar-refractivity contribution < 1.29 is 0 Å². The number of aromatic nitrogens is 3. The van der Waals surface area contributed by atoms with Crippen molar-refractivity contribution in [3.63, 3.8) is 0 Å². The van der Waals surface area contributed by atoms with Gasteiger partial charge >= 0.3 is 0 Å². The molecule has 2 aromatic rings. The topological polar surface area (TPSA) is 68.8 Å². The van der Waals surface area contributed by atoms with Crippen molar-refractivity contribution in [2.24, 2.45) is 5.84 Å². The summed E-state index contributed by atoms with van der Waals surface area (Å²) in [4.78, 5) is 9.78. The van der Waals surface area contributed by atoms with E-state index in [0.717, 1.165) is 29.4 Å². The molecule has 1 unspecified atom stereocenters. The molecule has 0 fully saturated rings. The van der Waals surface area contributed by atoms with Gasteiger partial charge in [0.25, 0.3) is 0 Å². The van der Waals surface area contributed by atoms with Crippen molar-refractivity contribution in [2.75, 3.05) is 0 Å². The summed E-state index contributed by atoms with van der Waals surface area (Å²) in [6.45, 7) is 5.08. The van der Waals surface area contributed by atoms with Crippen molar-refractivity contribution in [2.45, 2.75) is 32.9 Å². The first kappa shape index (κ1) is 12.2. The number of hydrogen-bond acceptors (Lipinski definition) is 5. The smallest absolute Gasteiger partial charge is 0.132 e. The van der Waals surface area contributed by atoms with Crippen LogP contribution in [0.15, 0.2) is 17.9 Å². The van der Waals surface area contributed by atoms with Gasteiger partial charge in [-0.05, 0) is 13.3 Å². The molecule has 5 nitrogen and oxygen atoms in total. The molecule has 6 heteroatoms. The van der Waals surface area contributed by atoms with Crippen LogP contribution in [0.1, 0.15) is 35.8 Å². The summed E-state index contributed by atoms with van der Waals surface area (Å²) in [6, 6.07) is -0.0796. The van der Waals surface area contributed by atoms with Crippen molar-refractivity contribution >= 4 is 11.3 Å². The largest absolute Gasteiger partial charge is 0.333 e. The van der Waals surface area contributed by atoms with Crippen LogP contribution in [-0.4, -0.2) is 14.5 Å². The summed E-state index contributed by atoms with van der Waals surface area (Å²) in [5.74, 6) is 6.61. The van der Waals surface area contributed by atoms with E-state index in [1.807, 2.05) is 24.8 Å². The molecule has 17 heavy (non-hydrogen) atoms. The number of imidazole rings is 1. The highest BCUT2D eigenvalue weighted by molar-refractivity contribution is 7.09. The van der Waals surface area contributed by atoms with E-state index in [0.29, 0.717) is 0 Å². The number of thiazole rings is 1. The van der Waals surface area contributed by atoms with Gasteiger partial charge in [-0.2, -0.15) is 0 Å². The lowest BCUT2D eigenvalue weighted by Crippen LogP contribution is -2.31. The predicted molar refractivity (Wildman–Crippen MR) is 68.5 cm³/mol. The number of nitrogens with one attached hydrogen (secondary N) is 1. The van der Waals surface area contributed by atoms with E-state index in [1.165, 1.54) is 0 Å². The fourth-order valence-corrected chi connectivity index (χ4v) is 2.72. The highest BCUT2D eigenvalue weighted by Crippen LogP contribution is 2.26. The second kappa shape index (κ2) is 5.39. The maximum Gasteiger partial charge on any atom is 0.132 e. The molecule has 0 aliphatic carbocycles. The Morgan fingerprint density at radius 2 is 2.35 bits per heavy atom. The molecule has 0 aliphatic heterocycles. The quantitative estimate of drug-likeness (QED) is 0.626. The van der Waals surface area contributed by atoms with Crippen molar-refractivity contribution in [3.05, 3.63) is 34.3 Å². The SMILES string of the molecule is CCCn1ccnc1C(NN)c1scnc1C. The molecule has 0 saturated carbocycles. The van der Waals surface area contributed by atoms with Gasteiger partial charge in [0.15, 0.2) is 0 Å². The molecule has 2 rings (SSSR count). The van der Waals surface area contributed by atoms with Crippen LogP contribution in [0.25, 0.3) is 0 Å². The summed E-state index contributed by atoms with van der Waals surface area (Å²) in [7, 11) is 0. The van der Waals surface area contributed by atoms with Gasteiger partial charge in [0.2, 0.25) is 0 Å². The van der Waals surface area contributed by atoms with Gasteiger partial charge in [0.05, 0.1) is 16.1 Å². The molecule has 1 atom stereocenters.